The molecule has 0 bridgehead atoms. The highest BCUT2D eigenvalue weighted by molar-refractivity contribution is 7.10. The van der Waals surface area contributed by atoms with Gasteiger partial charge in [0.2, 0.25) is 0 Å². The zero-order chi connectivity index (χ0) is 9.14. The third-order valence-electron chi connectivity index (χ3n) is 2.07. The van der Waals surface area contributed by atoms with E-state index in [-0.39, 0.29) is 6.04 Å². The topological polar surface area (TPSA) is 35.2 Å². The van der Waals surface area contributed by atoms with E-state index in [2.05, 4.69) is 19.2 Å². The summed E-state index contributed by atoms with van der Waals surface area (Å²) < 4.78 is 5.00. The van der Waals surface area contributed by atoms with Gasteiger partial charge in [-0.25, -0.2) is 0 Å². The predicted octanol–water partition coefficient (Wildman–Crippen LogP) is 2.01. The Bertz CT molecular complexity index is 257. The first-order valence-corrected chi connectivity index (χ1v) is 4.84. The molecule has 1 aromatic heterocycles. The van der Waals surface area contributed by atoms with Crippen LogP contribution < -0.4 is 5.73 Å². The molecule has 0 aliphatic heterocycles. The molecule has 3 heteroatoms. The predicted molar refractivity (Wildman–Crippen MR) is 52.6 cm³/mol. The second-order valence-electron chi connectivity index (χ2n) is 2.93. The quantitative estimate of drug-likeness (QED) is 0.782. The molecule has 1 aromatic rings. The zero-order valence-electron chi connectivity index (χ0n) is 7.76. The average molecular weight is 185 g/mol. The van der Waals surface area contributed by atoms with Gasteiger partial charge < -0.3 is 10.5 Å². The van der Waals surface area contributed by atoms with Gasteiger partial charge in [0.05, 0.1) is 12.6 Å². The van der Waals surface area contributed by atoms with Gasteiger partial charge in [0.1, 0.15) is 0 Å². The van der Waals surface area contributed by atoms with E-state index < -0.39 is 0 Å². The van der Waals surface area contributed by atoms with E-state index in [1.54, 1.807) is 18.4 Å². The zero-order valence-corrected chi connectivity index (χ0v) is 8.57. The van der Waals surface area contributed by atoms with Crippen molar-refractivity contribution in [1.82, 2.24) is 0 Å². The lowest BCUT2D eigenvalue weighted by Crippen LogP contribution is -2.16. The van der Waals surface area contributed by atoms with E-state index in [4.69, 9.17) is 10.5 Å². The molecular weight excluding hydrogens is 170 g/mol. The SMILES string of the molecule is COCC(N)c1csc(C)c1C. The Balaban J connectivity index is 2.80. The van der Waals surface area contributed by atoms with Crippen molar-refractivity contribution in [2.75, 3.05) is 13.7 Å². The highest BCUT2D eigenvalue weighted by atomic mass is 32.1. The van der Waals surface area contributed by atoms with E-state index >= 15 is 0 Å². The van der Waals surface area contributed by atoms with Crippen molar-refractivity contribution in [3.05, 3.63) is 21.4 Å². The molecule has 12 heavy (non-hydrogen) atoms. The molecule has 0 saturated heterocycles. The molecule has 0 aliphatic carbocycles. The van der Waals surface area contributed by atoms with Crippen LogP contribution in [0.3, 0.4) is 0 Å². The minimum atomic E-state index is 0.0277. The fraction of sp³-hybridized carbons (Fsp3) is 0.556. The summed E-state index contributed by atoms with van der Waals surface area (Å²) in [4.78, 5) is 1.34. The molecule has 0 aromatic carbocycles. The van der Waals surface area contributed by atoms with Gasteiger partial charge in [0.25, 0.3) is 0 Å². The van der Waals surface area contributed by atoms with Crippen LogP contribution in [0.5, 0.6) is 0 Å². The minimum Gasteiger partial charge on any atom is -0.383 e. The van der Waals surface area contributed by atoms with Gasteiger partial charge in [-0.15, -0.1) is 11.3 Å². The van der Waals surface area contributed by atoms with Gasteiger partial charge in [-0.1, -0.05) is 0 Å². The Hall–Kier alpha value is -0.380. The molecule has 0 radical (unpaired) electrons. The summed E-state index contributed by atoms with van der Waals surface area (Å²) in [5.41, 5.74) is 8.43. The van der Waals surface area contributed by atoms with Crippen LogP contribution in [0.1, 0.15) is 22.0 Å². The molecule has 1 atom stereocenters. The van der Waals surface area contributed by atoms with Gasteiger partial charge in [0, 0.05) is 12.0 Å². The number of thiophene rings is 1. The lowest BCUT2D eigenvalue weighted by atomic mass is 10.1. The molecule has 1 unspecified atom stereocenters. The van der Waals surface area contributed by atoms with Crippen LogP contribution in [-0.2, 0) is 4.74 Å². The molecule has 0 aliphatic rings. The van der Waals surface area contributed by atoms with Crippen LogP contribution in [0.2, 0.25) is 0 Å². The van der Waals surface area contributed by atoms with E-state index in [0.29, 0.717) is 6.61 Å². The van der Waals surface area contributed by atoms with Crippen molar-refractivity contribution in [2.45, 2.75) is 19.9 Å². The normalized spacial score (nSPS) is 13.3. The summed E-state index contributed by atoms with van der Waals surface area (Å²) in [6.45, 7) is 4.82. The Kier molecular flexibility index (Phi) is 3.26. The summed E-state index contributed by atoms with van der Waals surface area (Å²) in [6, 6.07) is 0.0277. The largest absolute Gasteiger partial charge is 0.383 e. The van der Waals surface area contributed by atoms with Crippen molar-refractivity contribution in [3.63, 3.8) is 0 Å². The highest BCUT2D eigenvalue weighted by Crippen LogP contribution is 2.24. The Morgan fingerprint density at radius 2 is 2.25 bits per heavy atom. The molecule has 0 fully saturated rings. The molecule has 1 rings (SSSR count). The van der Waals surface area contributed by atoms with Crippen molar-refractivity contribution in [2.24, 2.45) is 5.73 Å². The summed E-state index contributed by atoms with van der Waals surface area (Å²) in [6.07, 6.45) is 0. The summed E-state index contributed by atoms with van der Waals surface area (Å²) in [7, 11) is 1.68. The Labute approximate surface area is 77.3 Å². The third-order valence-corrected chi connectivity index (χ3v) is 3.10. The lowest BCUT2D eigenvalue weighted by molar-refractivity contribution is 0.181. The van der Waals surface area contributed by atoms with Crippen LogP contribution in [0.15, 0.2) is 5.38 Å². The van der Waals surface area contributed by atoms with Gasteiger partial charge in [-0.3, -0.25) is 0 Å². The number of rotatable bonds is 3. The maximum atomic E-state index is 5.90. The van der Waals surface area contributed by atoms with Gasteiger partial charge in [-0.2, -0.15) is 0 Å². The molecule has 68 valence electrons. The summed E-state index contributed by atoms with van der Waals surface area (Å²) in [5, 5.41) is 2.12. The first kappa shape index (κ1) is 9.71. The number of nitrogens with two attached hydrogens (primary N) is 1. The van der Waals surface area contributed by atoms with E-state index in [1.807, 2.05) is 0 Å². The fourth-order valence-electron chi connectivity index (χ4n) is 1.17. The van der Waals surface area contributed by atoms with Crippen LogP contribution >= 0.6 is 11.3 Å². The molecular formula is C9H15NOS. The van der Waals surface area contributed by atoms with Crippen molar-refractivity contribution in [1.29, 1.82) is 0 Å². The van der Waals surface area contributed by atoms with E-state index in [1.165, 1.54) is 16.0 Å². The lowest BCUT2D eigenvalue weighted by Gasteiger charge is -2.09. The van der Waals surface area contributed by atoms with Gasteiger partial charge in [0.15, 0.2) is 0 Å². The number of methoxy groups -OCH3 is 1. The standard InChI is InChI=1S/C9H15NOS/c1-6-7(2)12-5-8(6)9(10)4-11-3/h5,9H,4,10H2,1-3H3. The van der Waals surface area contributed by atoms with Crippen molar-refractivity contribution < 1.29 is 4.74 Å². The van der Waals surface area contributed by atoms with Crippen LogP contribution in [0.25, 0.3) is 0 Å². The number of hydrogen-bond acceptors (Lipinski definition) is 3. The third kappa shape index (κ3) is 1.86. The number of hydrogen-bond donors (Lipinski definition) is 1. The maximum absolute atomic E-state index is 5.90. The Morgan fingerprint density at radius 3 is 2.67 bits per heavy atom. The van der Waals surface area contributed by atoms with Crippen molar-refractivity contribution in [3.8, 4) is 0 Å². The highest BCUT2D eigenvalue weighted by Gasteiger charge is 2.11. The number of ether oxygens (including phenoxy) is 1. The molecule has 0 amide bonds. The molecule has 2 N–H and O–H groups in total. The molecule has 1 heterocycles. The van der Waals surface area contributed by atoms with Crippen molar-refractivity contribution >= 4 is 11.3 Å². The first-order valence-electron chi connectivity index (χ1n) is 3.96. The fourth-order valence-corrected chi connectivity index (χ4v) is 2.12. The van der Waals surface area contributed by atoms with Crippen LogP contribution in [-0.4, -0.2) is 13.7 Å². The summed E-state index contributed by atoms with van der Waals surface area (Å²) >= 11 is 1.75. The van der Waals surface area contributed by atoms with E-state index in [0.717, 1.165) is 0 Å². The average Bonchev–Trinajstić information content (AvgIpc) is 2.34. The van der Waals surface area contributed by atoms with Gasteiger partial charge in [-0.05, 0) is 30.4 Å². The second kappa shape index (κ2) is 4.03. The number of aryl methyl sites for hydroxylation is 1. The molecule has 0 saturated carbocycles. The second-order valence-corrected chi connectivity index (χ2v) is 4.02. The smallest absolute Gasteiger partial charge is 0.0655 e. The Morgan fingerprint density at radius 1 is 1.58 bits per heavy atom. The first-order chi connectivity index (χ1) is 5.66. The maximum Gasteiger partial charge on any atom is 0.0655 e. The minimum absolute atomic E-state index is 0.0277. The molecule has 0 spiro atoms. The van der Waals surface area contributed by atoms with Crippen LogP contribution in [0, 0.1) is 13.8 Å². The summed E-state index contributed by atoms with van der Waals surface area (Å²) in [5.74, 6) is 0. The van der Waals surface area contributed by atoms with Crippen LogP contribution in [0.4, 0.5) is 0 Å². The molecule has 2 nitrogen and oxygen atoms in total. The van der Waals surface area contributed by atoms with E-state index in [9.17, 15) is 0 Å². The van der Waals surface area contributed by atoms with Gasteiger partial charge >= 0.3 is 0 Å². The monoisotopic (exact) mass is 185 g/mol.